The molecule has 0 heterocycles. The fourth-order valence-corrected chi connectivity index (χ4v) is 3.82. The number of sulfonamides is 1. The highest BCUT2D eigenvalue weighted by Crippen LogP contribution is 2.42. The topological polar surface area (TPSA) is 55.4 Å². The number of hydrogen-bond acceptors (Lipinski definition) is 3. The quantitative estimate of drug-likeness (QED) is 0.881. The normalized spacial score (nSPS) is 16.1. The van der Waals surface area contributed by atoms with E-state index < -0.39 is 15.8 Å². The minimum absolute atomic E-state index is 0.0676. The van der Waals surface area contributed by atoms with Crippen LogP contribution in [0.25, 0.3) is 0 Å². The average molecular weight is 335 g/mol. The summed E-state index contributed by atoms with van der Waals surface area (Å²) in [5.74, 6) is 0.557. The maximum absolute atomic E-state index is 13.0. The molecular weight excluding hydrogens is 317 g/mol. The molecule has 1 saturated carbocycles. The highest BCUT2D eigenvalue weighted by molar-refractivity contribution is 7.89. The van der Waals surface area contributed by atoms with E-state index in [2.05, 4.69) is 4.72 Å². The van der Waals surface area contributed by atoms with Gasteiger partial charge in [0.05, 0.1) is 12.0 Å². The highest BCUT2D eigenvalue weighted by atomic mass is 32.2. The van der Waals surface area contributed by atoms with Crippen LogP contribution in [0.3, 0.4) is 0 Å². The third-order valence-electron chi connectivity index (χ3n) is 3.97. The van der Waals surface area contributed by atoms with E-state index in [0.717, 1.165) is 36.3 Å². The van der Waals surface area contributed by atoms with Crippen molar-refractivity contribution in [3.8, 4) is 5.75 Å². The predicted octanol–water partition coefficient (Wildman–Crippen LogP) is 3.26. The molecule has 1 fully saturated rings. The van der Waals surface area contributed by atoms with Gasteiger partial charge in [0.2, 0.25) is 10.0 Å². The SMILES string of the molecule is COc1ccc([C@@H](NS(=O)(=O)c2ccc(F)cc2)C2CC2)cc1. The second-order valence-electron chi connectivity index (χ2n) is 5.66. The Labute approximate surface area is 135 Å². The largest absolute Gasteiger partial charge is 0.497 e. The summed E-state index contributed by atoms with van der Waals surface area (Å²) in [5.41, 5.74) is 0.902. The monoisotopic (exact) mass is 335 g/mol. The number of hydrogen-bond donors (Lipinski definition) is 1. The lowest BCUT2D eigenvalue weighted by atomic mass is 10.0. The maximum atomic E-state index is 13.0. The van der Waals surface area contributed by atoms with Crippen molar-refractivity contribution in [2.24, 2.45) is 5.92 Å². The number of ether oxygens (including phenoxy) is 1. The van der Waals surface area contributed by atoms with Crippen LogP contribution in [0.15, 0.2) is 53.4 Å². The Morgan fingerprint density at radius 1 is 1.09 bits per heavy atom. The molecule has 1 aliphatic rings. The summed E-state index contributed by atoms with van der Waals surface area (Å²) in [6.45, 7) is 0. The molecule has 2 aromatic rings. The summed E-state index contributed by atoms with van der Waals surface area (Å²) in [5, 5.41) is 0. The first-order chi connectivity index (χ1) is 11.0. The van der Waals surface area contributed by atoms with Gasteiger partial charge in [-0.25, -0.2) is 17.5 Å². The van der Waals surface area contributed by atoms with E-state index in [9.17, 15) is 12.8 Å². The highest BCUT2D eigenvalue weighted by Gasteiger charge is 2.35. The molecule has 6 heteroatoms. The first-order valence-corrected chi connectivity index (χ1v) is 8.90. The standard InChI is InChI=1S/C17H18FNO3S/c1-22-15-8-4-13(5-9-15)17(12-2-3-12)19-23(20,21)16-10-6-14(18)7-11-16/h4-12,17,19H,2-3H2,1H3/t17-/m0/s1. The molecule has 0 unspecified atom stereocenters. The average Bonchev–Trinajstić information content (AvgIpc) is 3.38. The first kappa shape index (κ1) is 16.0. The van der Waals surface area contributed by atoms with E-state index in [1.54, 1.807) is 7.11 Å². The van der Waals surface area contributed by atoms with Gasteiger partial charge in [0, 0.05) is 6.04 Å². The molecule has 1 atom stereocenters. The van der Waals surface area contributed by atoms with Gasteiger partial charge < -0.3 is 4.74 Å². The molecule has 0 aromatic heterocycles. The third kappa shape index (κ3) is 3.71. The molecule has 0 spiro atoms. The van der Waals surface area contributed by atoms with Crippen LogP contribution in [0.1, 0.15) is 24.4 Å². The molecule has 2 aromatic carbocycles. The van der Waals surface area contributed by atoms with Crippen LogP contribution < -0.4 is 9.46 Å². The number of halogens is 1. The second kappa shape index (κ2) is 6.29. The van der Waals surface area contributed by atoms with Gasteiger partial charge in [-0.3, -0.25) is 0 Å². The summed E-state index contributed by atoms with van der Waals surface area (Å²) in [7, 11) is -2.11. The van der Waals surface area contributed by atoms with Crippen LogP contribution in [0, 0.1) is 11.7 Å². The molecule has 1 aliphatic carbocycles. The van der Waals surface area contributed by atoms with E-state index in [-0.39, 0.29) is 10.9 Å². The molecule has 1 N–H and O–H groups in total. The molecule has 0 bridgehead atoms. The number of nitrogens with one attached hydrogen (secondary N) is 1. The maximum Gasteiger partial charge on any atom is 0.241 e. The minimum Gasteiger partial charge on any atom is -0.497 e. The van der Waals surface area contributed by atoms with Crippen LogP contribution in [-0.4, -0.2) is 15.5 Å². The van der Waals surface area contributed by atoms with Crippen molar-refractivity contribution in [1.82, 2.24) is 4.72 Å². The molecule has 0 saturated heterocycles. The summed E-state index contributed by atoms with van der Waals surface area (Å²) >= 11 is 0. The molecule has 122 valence electrons. The van der Waals surface area contributed by atoms with E-state index in [4.69, 9.17) is 4.74 Å². The lowest BCUT2D eigenvalue weighted by Crippen LogP contribution is -2.30. The molecule has 0 radical (unpaired) electrons. The van der Waals surface area contributed by atoms with E-state index in [1.165, 1.54) is 12.1 Å². The van der Waals surface area contributed by atoms with Gasteiger partial charge in [0.15, 0.2) is 0 Å². The van der Waals surface area contributed by atoms with Gasteiger partial charge in [-0.15, -0.1) is 0 Å². The molecule has 3 rings (SSSR count). The summed E-state index contributed by atoms with van der Waals surface area (Å²) in [6, 6.07) is 11.9. The van der Waals surface area contributed by atoms with Crippen LogP contribution in [0.4, 0.5) is 4.39 Å². The van der Waals surface area contributed by atoms with Crippen LogP contribution >= 0.6 is 0 Å². The second-order valence-corrected chi connectivity index (χ2v) is 7.38. The fourth-order valence-electron chi connectivity index (χ4n) is 2.53. The zero-order valence-electron chi connectivity index (χ0n) is 12.7. The van der Waals surface area contributed by atoms with E-state index in [0.29, 0.717) is 5.92 Å². The van der Waals surface area contributed by atoms with Crippen molar-refractivity contribution in [3.63, 3.8) is 0 Å². The molecular formula is C17H18FNO3S. The Morgan fingerprint density at radius 2 is 1.70 bits per heavy atom. The Bertz CT molecular complexity index is 768. The van der Waals surface area contributed by atoms with Crippen LogP contribution in [0.2, 0.25) is 0 Å². The Balaban J connectivity index is 1.85. The Kier molecular flexibility index (Phi) is 4.37. The van der Waals surface area contributed by atoms with Crippen LogP contribution in [-0.2, 0) is 10.0 Å². The zero-order valence-corrected chi connectivity index (χ0v) is 13.5. The predicted molar refractivity (Wildman–Crippen MR) is 85.2 cm³/mol. The fraction of sp³-hybridized carbons (Fsp3) is 0.294. The Hall–Kier alpha value is -1.92. The summed E-state index contributed by atoms with van der Waals surface area (Å²) in [6.07, 6.45) is 1.98. The molecule has 23 heavy (non-hydrogen) atoms. The van der Waals surface area contributed by atoms with Crippen molar-refractivity contribution >= 4 is 10.0 Å². The number of benzene rings is 2. The molecule has 0 amide bonds. The van der Waals surface area contributed by atoms with Crippen molar-refractivity contribution in [2.45, 2.75) is 23.8 Å². The van der Waals surface area contributed by atoms with Gasteiger partial charge in [0.1, 0.15) is 11.6 Å². The Morgan fingerprint density at radius 3 is 2.22 bits per heavy atom. The van der Waals surface area contributed by atoms with E-state index >= 15 is 0 Å². The van der Waals surface area contributed by atoms with Gasteiger partial charge >= 0.3 is 0 Å². The lowest BCUT2D eigenvalue weighted by Gasteiger charge is -2.19. The smallest absolute Gasteiger partial charge is 0.241 e. The van der Waals surface area contributed by atoms with Gasteiger partial charge in [-0.05, 0) is 60.7 Å². The van der Waals surface area contributed by atoms with Crippen molar-refractivity contribution in [1.29, 1.82) is 0 Å². The third-order valence-corrected chi connectivity index (χ3v) is 5.43. The van der Waals surface area contributed by atoms with Crippen molar-refractivity contribution in [3.05, 3.63) is 59.9 Å². The molecule has 0 aliphatic heterocycles. The summed E-state index contributed by atoms with van der Waals surface area (Å²) < 4.78 is 45.9. The minimum atomic E-state index is -3.69. The van der Waals surface area contributed by atoms with Gasteiger partial charge in [-0.1, -0.05) is 12.1 Å². The lowest BCUT2D eigenvalue weighted by molar-refractivity contribution is 0.414. The van der Waals surface area contributed by atoms with Gasteiger partial charge in [-0.2, -0.15) is 0 Å². The van der Waals surface area contributed by atoms with Gasteiger partial charge in [0.25, 0.3) is 0 Å². The van der Waals surface area contributed by atoms with Crippen LogP contribution in [0.5, 0.6) is 5.75 Å². The summed E-state index contributed by atoms with van der Waals surface area (Å²) in [4.78, 5) is 0.0676. The van der Waals surface area contributed by atoms with Crippen molar-refractivity contribution < 1.29 is 17.5 Å². The van der Waals surface area contributed by atoms with Crippen molar-refractivity contribution in [2.75, 3.05) is 7.11 Å². The first-order valence-electron chi connectivity index (χ1n) is 7.41. The molecule has 4 nitrogen and oxygen atoms in total. The van der Waals surface area contributed by atoms with E-state index in [1.807, 2.05) is 24.3 Å². The number of methoxy groups -OCH3 is 1. The number of rotatable bonds is 6. The zero-order chi connectivity index (χ0) is 16.4.